The highest BCUT2D eigenvalue weighted by Crippen LogP contribution is 2.38. The molecule has 34 heavy (non-hydrogen) atoms. The predicted molar refractivity (Wildman–Crippen MR) is 125 cm³/mol. The fourth-order valence-electron chi connectivity index (χ4n) is 3.73. The zero-order valence-corrected chi connectivity index (χ0v) is 20.0. The SMILES string of the molecule is COc1cc2c(cc1OC)CN(C(=O)COC(=O)/C=C/c1cc(OC)c(OC)c(OC)c1)CC2. The van der Waals surface area contributed by atoms with Crippen molar-refractivity contribution in [2.45, 2.75) is 13.0 Å². The van der Waals surface area contributed by atoms with E-state index in [2.05, 4.69) is 0 Å². The van der Waals surface area contributed by atoms with E-state index in [1.165, 1.54) is 27.4 Å². The average Bonchev–Trinajstić information content (AvgIpc) is 2.88. The Bertz CT molecular complexity index is 1050. The van der Waals surface area contributed by atoms with Gasteiger partial charge in [0.05, 0.1) is 35.5 Å². The van der Waals surface area contributed by atoms with Crippen molar-refractivity contribution in [3.63, 3.8) is 0 Å². The monoisotopic (exact) mass is 471 g/mol. The molecule has 1 heterocycles. The first kappa shape index (κ1) is 24.8. The third-order valence-corrected chi connectivity index (χ3v) is 5.51. The highest BCUT2D eigenvalue weighted by Gasteiger charge is 2.23. The second-order valence-electron chi connectivity index (χ2n) is 7.44. The van der Waals surface area contributed by atoms with Crippen molar-refractivity contribution in [2.75, 3.05) is 48.7 Å². The van der Waals surface area contributed by atoms with Gasteiger partial charge in [-0.15, -0.1) is 0 Å². The van der Waals surface area contributed by atoms with E-state index in [9.17, 15) is 9.59 Å². The summed E-state index contributed by atoms with van der Waals surface area (Å²) in [6.45, 7) is 0.592. The second-order valence-corrected chi connectivity index (χ2v) is 7.44. The summed E-state index contributed by atoms with van der Waals surface area (Å²) in [7, 11) is 7.69. The van der Waals surface area contributed by atoms with Gasteiger partial charge in [-0.25, -0.2) is 4.79 Å². The Morgan fingerprint density at radius 1 is 0.824 bits per heavy atom. The largest absolute Gasteiger partial charge is 0.493 e. The minimum Gasteiger partial charge on any atom is -0.493 e. The Labute approximate surface area is 198 Å². The minimum atomic E-state index is -0.633. The number of carbonyl (C=O) groups excluding carboxylic acids is 2. The van der Waals surface area contributed by atoms with Crippen LogP contribution in [0.2, 0.25) is 0 Å². The standard InChI is InChI=1S/C25H29NO8/c1-29-19-12-17-8-9-26(14-18(17)13-20(19)30-2)23(27)15-34-24(28)7-6-16-10-21(31-3)25(33-5)22(11-16)32-4/h6-7,10-13H,8-9,14-15H2,1-5H3/b7-6+. The maximum atomic E-state index is 12.6. The minimum absolute atomic E-state index is 0.269. The molecular formula is C25H29NO8. The summed E-state index contributed by atoms with van der Waals surface area (Å²) in [6, 6.07) is 7.21. The highest BCUT2D eigenvalue weighted by molar-refractivity contribution is 5.89. The van der Waals surface area contributed by atoms with Crippen molar-refractivity contribution >= 4 is 18.0 Å². The summed E-state index contributed by atoms with van der Waals surface area (Å²) in [5.74, 6) is 1.75. The molecule has 0 aliphatic carbocycles. The molecule has 1 amide bonds. The number of hydrogen-bond acceptors (Lipinski definition) is 8. The summed E-state index contributed by atoms with van der Waals surface area (Å²) >= 11 is 0. The summed E-state index contributed by atoms with van der Waals surface area (Å²) in [5, 5.41) is 0. The van der Waals surface area contributed by atoms with E-state index >= 15 is 0 Å². The molecular weight excluding hydrogens is 442 g/mol. The van der Waals surface area contributed by atoms with E-state index in [4.69, 9.17) is 28.4 Å². The van der Waals surface area contributed by atoms with E-state index in [0.717, 1.165) is 11.1 Å². The van der Waals surface area contributed by atoms with Gasteiger partial charge in [-0.1, -0.05) is 0 Å². The lowest BCUT2D eigenvalue weighted by Gasteiger charge is -2.29. The van der Waals surface area contributed by atoms with Gasteiger partial charge in [0.15, 0.2) is 29.6 Å². The van der Waals surface area contributed by atoms with Gasteiger partial charge in [0.25, 0.3) is 5.91 Å². The number of rotatable bonds is 9. The molecule has 0 aromatic heterocycles. The van der Waals surface area contributed by atoms with Crippen molar-refractivity contribution in [3.05, 3.63) is 47.0 Å². The molecule has 0 bridgehead atoms. The van der Waals surface area contributed by atoms with E-state index in [0.29, 0.717) is 53.8 Å². The third kappa shape index (κ3) is 5.54. The van der Waals surface area contributed by atoms with Crippen molar-refractivity contribution in [2.24, 2.45) is 0 Å². The Morgan fingerprint density at radius 2 is 1.41 bits per heavy atom. The molecule has 182 valence electrons. The summed E-state index contributed by atoms with van der Waals surface area (Å²) in [5.41, 5.74) is 2.73. The Kier molecular flexibility index (Phi) is 8.24. The number of benzene rings is 2. The van der Waals surface area contributed by atoms with Gasteiger partial charge in [0, 0.05) is 19.2 Å². The summed E-state index contributed by atoms with van der Waals surface area (Å²) in [6.07, 6.45) is 3.47. The lowest BCUT2D eigenvalue weighted by atomic mass is 9.99. The van der Waals surface area contributed by atoms with Crippen molar-refractivity contribution in [3.8, 4) is 28.7 Å². The zero-order valence-electron chi connectivity index (χ0n) is 20.0. The topological polar surface area (TPSA) is 92.8 Å². The molecule has 0 N–H and O–H groups in total. The summed E-state index contributed by atoms with van der Waals surface area (Å²) in [4.78, 5) is 26.5. The fourth-order valence-corrected chi connectivity index (χ4v) is 3.73. The number of fused-ring (bicyclic) bond motifs is 1. The van der Waals surface area contributed by atoms with Gasteiger partial charge in [-0.3, -0.25) is 4.79 Å². The Morgan fingerprint density at radius 3 is 1.97 bits per heavy atom. The van der Waals surface area contributed by atoms with E-state index < -0.39 is 5.97 Å². The van der Waals surface area contributed by atoms with E-state index in [1.807, 2.05) is 12.1 Å². The molecule has 0 saturated carbocycles. The zero-order chi connectivity index (χ0) is 24.7. The van der Waals surface area contributed by atoms with Crippen LogP contribution in [0.4, 0.5) is 0 Å². The highest BCUT2D eigenvalue weighted by atomic mass is 16.5. The fraction of sp³-hybridized carbons (Fsp3) is 0.360. The van der Waals surface area contributed by atoms with Crippen molar-refractivity contribution < 1.29 is 38.0 Å². The molecule has 0 atom stereocenters. The van der Waals surface area contributed by atoms with Gasteiger partial charge >= 0.3 is 5.97 Å². The Balaban J connectivity index is 1.59. The van der Waals surface area contributed by atoms with Gasteiger partial charge in [0.2, 0.25) is 5.75 Å². The first-order chi connectivity index (χ1) is 16.4. The number of hydrogen-bond donors (Lipinski definition) is 0. The van der Waals surface area contributed by atoms with Crippen molar-refractivity contribution in [1.82, 2.24) is 4.90 Å². The predicted octanol–water partition coefficient (Wildman–Crippen LogP) is 2.87. The van der Waals surface area contributed by atoms with Crippen LogP contribution in [0.25, 0.3) is 6.08 Å². The lowest BCUT2D eigenvalue weighted by molar-refractivity contribution is -0.148. The molecule has 0 saturated heterocycles. The Hall–Kier alpha value is -3.88. The number of amides is 1. The van der Waals surface area contributed by atoms with Crippen LogP contribution in [-0.4, -0.2) is 65.5 Å². The summed E-state index contributed by atoms with van der Waals surface area (Å²) < 4.78 is 31.8. The smallest absolute Gasteiger partial charge is 0.331 e. The van der Waals surface area contributed by atoms with Crippen LogP contribution >= 0.6 is 0 Å². The molecule has 0 fully saturated rings. The van der Waals surface area contributed by atoms with E-state index in [1.54, 1.807) is 37.3 Å². The van der Waals surface area contributed by atoms with Gasteiger partial charge in [-0.2, -0.15) is 0 Å². The van der Waals surface area contributed by atoms with Crippen LogP contribution in [0.15, 0.2) is 30.3 Å². The molecule has 9 nitrogen and oxygen atoms in total. The number of methoxy groups -OCH3 is 5. The molecule has 1 aliphatic heterocycles. The molecule has 2 aromatic rings. The van der Waals surface area contributed by atoms with Gasteiger partial charge < -0.3 is 33.3 Å². The number of ether oxygens (including phenoxy) is 6. The van der Waals surface area contributed by atoms with Gasteiger partial charge in [-0.05, 0) is 53.5 Å². The van der Waals surface area contributed by atoms with Crippen LogP contribution in [0.5, 0.6) is 28.7 Å². The first-order valence-corrected chi connectivity index (χ1v) is 10.6. The van der Waals surface area contributed by atoms with Crippen LogP contribution in [0.1, 0.15) is 16.7 Å². The number of carbonyl (C=O) groups is 2. The maximum absolute atomic E-state index is 12.6. The normalized spacial score (nSPS) is 12.7. The molecule has 0 spiro atoms. The van der Waals surface area contributed by atoms with Crippen molar-refractivity contribution in [1.29, 1.82) is 0 Å². The quantitative estimate of drug-likeness (QED) is 0.407. The molecule has 0 radical (unpaired) electrons. The van der Waals surface area contributed by atoms with Crippen LogP contribution in [-0.2, 0) is 27.3 Å². The molecule has 0 unspecified atom stereocenters. The lowest BCUT2D eigenvalue weighted by Crippen LogP contribution is -2.38. The van der Waals surface area contributed by atoms with E-state index in [-0.39, 0.29) is 12.5 Å². The maximum Gasteiger partial charge on any atom is 0.331 e. The molecule has 9 heteroatoms. The number of nitrogens with zero attached hydrogens (tertiary/aromatic N) is 1. The molecule has 3 rings (SSSR count). The molecule has 1 aliphatic rings. The third-order valence-electron chi connectivity index (χ3n) is 5.51. The number of esters is 1. The van der Waals surface area contributed by atoms with Crippen LogP contribution in [0, 0.1) is 0 Å². The first-order valence-electron chi connectivity index (χ1n) is 10.6. The average molecular weight is 472 g/mol. The second kappa shape index (κ2) is 11.3. The van der Waals surface area contributed by atoms with Gasteiger partial charge in [0.1, 0.15) is 0 Å². The van der Waals surface area contributed by atoms with Crippen LogP contribution in [0.3, 0.4) is 0 Å². The molecule has 2 aromatic carbocycles. The van der Waals surface area contributed by atoms with Crippen LogP contribution < -0.4 is 23.7 Å².